The van der Waals surface area contributed by atoms with E-state index >= 15 is 0 Å². The minimum Gasteiger partial charge on any atom is -0.378 e. The summed E-state index contributed by atoms with van der Waals surface area (Å²) in [6.45, 7) is 4.89. The van der Waals surface area contributed by atoms with E-state index in [1.165, 1.54) is 0 Å². The minimum atomic E-state index is -0.554. The van der Waals surface area contributed by atoms with Crippen LogP contribution in [0.4, 0.5) is 0 Å². The van der Waals surface area contributed by atoms with Crippen LogP contribution in [0.1, 0.15) is 37.0 Å². The molecule has 0 aliphatic rings. The van der Waals surface area contributed by atoms with E-state index in [-0.39, 0.29) is 12.3 Å². The van der Waals surface area contributed by atoms with Crippen molar-refractivity contribution in [3.05, 3.63) is 34.9 Å². The summed E-state index contributed by atoms with van der Waals surface area (Å²) in [5.74, 6) is 0.00705. The predicted octanol–water partition coefficient (Wildman–Crippen LogP) is 2.96. The molecule has 0 radical (unpaired) electrons. The average molecular weight is 270 g/mol. The zero-order valence-corrected chi connectivity index (χ0v) is 11.7. The van der Waals surface area contributed by atoms with Gasteiger partial charge in [-0.25, -0.2) is 0 Å². The Morgan fingerprint density at radius 1 is 1.33 bits per heavy atom. The number of aliphatic hydroxyl groups excluding tert-OH is 1. The first-order valence-corrected chi connectivity index (χ1v) is 6.67. The third-order valence-electron chi connectivity index (χ3n) is 2.81. The Labute approximate surface area is 113 Å². The Bertz CT molecular complexity index is 378. The van der Waals surface area contributed by atoms with Crippen LogP contribution in [0.3, 0.4) is 0 Å². The van der Waals surface area contributed by atoms with Gasteiger partial charge in [-0.3, -0.25) is 9.69 Å². The van der Waals surface area contributed by atoms with E-state index < -0.39 is 6.23 Å². The summed E-state index contributed by atoms with van der Waals surface area (Å²) in [6, 6.07) is 6.84. The van der Waals surface area contributed by atoms with Gasteiger partial charge in [0.25, 0.3) is 0 Å². The van der Waals surface area contributed by atoms with E-state index in [1.807, 2.05) is 13.8 Å². The van der Waals surface area contributed by atoms with Crippen LogP contribution in [0, 0.1) is 0 Å². The lowest BCUT2D eigenvalue weighted by molar-refractivity contribution is 0.00370. The van der Waals surface area contributed by atoms with E-state index in [1.54, 1.807) is 29.2 Å². The number of hydrogen-bond acceptors (Lipinski definition) is 3. The van der Waals surface area contributed by atoms with E-state index in [4.69, 9.17) is 11.6 Å². The van der Waals surface area contributed by atoms with Gasteiger partial charge in [0.1, 0.15) is 6.23 Å². The number of rotatable bonds is 7. The van der Waals surface area contributed by atoms with Crippen LogP contribution < -0.4 is 0 Å². The average Bonchev–Trinajstić information content (AvgIpc) is 2.38. The van der Waals surface area contributed by atoms with Gasteiger partial charge in [0.2, 0.25) is 0 Å². The van der Waals surface area contributed by atoms with Crippen LogP contribution in [0.5, 0.6) is 0 Å². The molecule has 1 aromatic rings. The maximum atomic E-state index is 12.1. The van der Waals surface area contributed by atoms with Crippen molar-refractivity contribution in [2.75, 3.05) is 13.1 Å². The summed E-state index contributed by atoms with van der Waals surface area (Å²) in [5, 5.41) is 10.5. The van der Waals surface area contributed by atoms with Gasteiger partial charge in [0.15, 0.2) is 5.78 Å². The number of carbonyl (C=O) groups excluding carboxylic acids is 1. The smallest absolute Gasteiger partial charge is 0.176 e. The molecule has 1 atom stereocenters. The molecule has 0 aliphatic heterocycles. The standard InChI is InChI=1S/C14H20ClNO2/c1-3-9-16(14(18)4-2)10-13(17)11-5-7-12(15)8-6-11/h5-8,14,18H,3-4,9-10H2,1-2H3. The van der Waals surface area contributed by atoms with Crippen LogP contribution in [-0.2, 0) is 0 Å². The number of carbonyl (C=O) groups is 1. The highest BCUT2D eigenvalue weighted by molar-refractivity contribution is 6.30. The zero-order chi connectivity index (χ0) is 13.5. The molecule has 0 amide bonds. The third kappa shape index (κ3) is 4.41. The van der Waals surface area contributed by atoms with Crippen molar-refractivity contribution in [1.29, 1.82) is 0 Å². The molecule has 0 saturated carbocycles. The van der Waals surface area contributed by atoms with Crippen LogP contribution >= 0.6 is 11.6 Å². The molecule has 18 heavy (non-hydrogen) atoms. The molecule has 0 spiro atoms. The largest absolute Gasteiger partial charge is 0.378 e. The fourth-order valence-corrected chi connectivity index (χ4v) is 1.92. The molecular formula is C14H20ClNO2. The summed E-state index contributed by atoms with van der Waals surface area (Å²) >= 11 is 5.78. The van der Waals surface area contributed by atoms with E-state index in [9.17, 15) is 9.90 Å². The fourth-order valence-electron chi connectivity index (χ4n) is 1.79. The van der Waals surface area contributed by atoms with Crippen molar-refractivity contribution in [2.24, 2.45) is 0 Å². The van der Waals surface area contributed by atoms with E-state index in [0.717, 1.165) is 6.42 Å². The minimum absolute atomic E-state index is 0.00705. The maximum Gasteiger partial charge on any atom is 0.176 e. The van der Waals surface area contributed by atoms with Gasteiger partial charge in [-0.05, 0) is 37.1 Å². The second kappa shape index (κ2) is 7.52. The molecule has 0 bridgehead atoms. The Balaban J connectivity index is 2.68. The maximum absolute atomic E-state index is 12.1. The van der Waals surface area contributed by atoms with Crippen LogP contribution in [-0.4, -0.2) is 35.1 Å². The number of ketones is 1. The van der Waals surface area contributed by atoms with Crippen LogP contribution in [0.2, 0.25) is 5.02 Å². The summed E-state index contributed by atoms with van der Waals surface area (Å²) < 4.78 is 0. The molecule has 100 valence electrons. The lowest BCUT2D eigenvalue weighted by Gasteiger charge is -2.25. The SMILES string of the molecule is CCCN(CC(=O)c1ccc(Cl)cc1)C(O)CC. The van der Waals surface area contributed by atoms with Crippen molar-refractivity contribution in [2.45, 2.75) is 32.9 Å². The van der Waals surface area contributed by atoms with Crippen molar-refractivity contribution < 1.29 is 9.90 Å². The number of hydrogen-bond donors (Lipinski definition) is 1. The van der Waals surface area contributed by atoms with Gasteiger partial charge in [0.05, 0.1) is 6.54 Å². The topological polar surface area (TPSA) is 40.5 Å². The molecule has 0 heterocycles. The fraction of sp³-hybridized carbons (Fsp3) is 0.500. The molecule has 0 saturated heterocycles. The summed E-state index contributed by atoms with van der Waals surface area (Å²) in [4.78, 5) is 13.9. The normalized spacial score (nSPS) is 12.7. The molecule has 0 aliphatic carbocycles. The summed E-state index contributed by atoms with van der Waals surface area (Å²) in [7, 11) is 0. The van der Waals surface area contributed by atoms with Crippen LogP contribution in [0.15, 0.2) is 24.3 Å². The molecule has 0 aromatic heterocycles. The Morgan fingerprint density at radius 3 is 2.44 bits per heavy atom. The monoisotopic (exact) mass is 269 g/mol. The van der Waals surface area contributed by atoms with E-state index in [0.29, 0.717) is 23.6 Å². The van der Waals surface area contributed by atoms with Gasteiger partial charge in [-0.15, -0.1) is 0 Å². The van der Waals surface area contributed by atoms with Crippen molar-refractivity contribution in [1.82, 2.24) is 4.90 Å². The highest BCUT2D eigenvalue weighted by Gasteiger charge is 2.17. The van der Waals surface area contributed by atoms with Crippen molar-refractivity contribution in [3.63, 3.8) is 0 Å². The first kappa shape index (κ1) is 15.2. The lowest BCUT2D eigenvalue weighted by atomic mass is 10.1. The number of aliphatic hydroxyl groups is 1. The molecule has 3 nitrogen and oxygen atoms in total. The Morgan fingerprint density at radius 2 is 1.94 bits per heavy atom. The van der Waals surface area contributed by atoms with Gasteiger partial charge < -0.3 is 5.11 Å². The number of nitrogens with zero attached hydrogens (tertiary/aromatic N) is 1. The van der Waals surface area contributed by atoms with Crippen LogP contribution in [0.25, 0.3) is 0 Å². The van der Waals surface area contributed by atoms with Gasteiger partial charge in [-0.2, -0.15) is 0 Å². The summed E-state index contributed by atoms with van der Waals surface area (Å²) in [6.07, 6.45) is 0.972. The highest BCUT2D eigenvalue weighted by Crippen LogP contribution is 2.11. The van der Waals surface area contributed by atoms with Gasteiger partial charge >= 0.3 is 0 Å². The molecular weight excluding hydrogens is 250 g/mol. The van der Waals surface area contributed by atoms with Crippen molar-refractivity contribution in [3.8, 4) is 0 Å². The number of Topliss-reactive ketones (excluding diaryl/α,β-unsaturated/α-hetero) is 1. The van der Waals surface area contributed by atoms with Crippen molar-refractivity contribution >= 4 is 17.4 Å². The Kier molecular flexibility index (Phi) is 6.33. The summed E-state index contributed by atoms with van der Waals surface area (Å²) in [5.41, 5.74) is 0.629. The van der Waals surface area contributed by atoms with E-state index in [2.05, 4.69) is 0 Å². The molecule has 1 rings (SSSR count). The number of halogens is 1. The predicted molar refractivity (Wildman–Crippen MR) is 73.9 cm³/mol. The number of benzene rings is 1. The highest BCUT2D eigenvalue weighted by atomic mass is 35.5. The van der Waals surface area contributed by atoms with Gasteiger partial charge in [-0.1, -0.05) is 25.4 Å². The molecule has 0 fully saturated rings. The molecule has 1 unspecified atom stereocenters. The molecule has 4 heteroatoms. The lowest BCUT2D eigenvalue weighted by Crippen LogP contribution is -2.39. The quantitative estimate of drug-likeness (QED) is 0.611. The Hall–Kier alpha value is -0.900. The first-order valence-electron chi connectivity index (χ1n) is 6.29. The zero-order valence-electron chi connectivity index (χ0n) is 10.9. The second-order valence-electron chi connectivity index (χ2n) is 4.29. The second-order valence-corrected chi connectivity index (χ2v) is 4.73. The third-order valence-corrected chi connectivity index (χ3v) is 3.06. The van der Waals surface area contributed by atoms with Gasteiger partial charge in [0, 0.05) is 17.1 Å². The first-order chi connectivity index (χ1) is 8.58. The molecule has 1 aromatic carbocycles. The molecule has 1 N–H and O–H groups in total.